The molecule has 6 heteroatoms. The number of rotatable bonds is 7. The third-order valence-corrected chi connectivity index (χ3v) is 11.0. The van der Waals surface area contributed by atoms with E-state index in [1.165, 1.54) is 10.3 Å². The van der Waals surface area contributed by atoms with Crippen LogP contribution in [-0.2, 0) is 0 Å². The molecule has 10 rings (SSSR count). The molecule has 0 N–H and O–H groups in total. The van der Waals surface area contributed by atoms with Gasteiger partial charge in [0.05, 0.1) is 11.4 Å². The lowest BCUT2D eigenvalue weighted by Gasteiger charge is -2.10. The van der Waals surface area contributed by atoms with E-state index in [0.29, 0.717) is 23.3 Å². The maximum Gasteiger partial charge on any atom is 0.164 e. The summed E-state index contributed by atoms with van der Waals surface area (Å²) in [6.45, 7) is 0. The van der Waals surface area contributed by atoms with Gasteiger partial charge in [-0.1, -0.05) is 158 Å². The predicted octanol–water partition coefficient (Wildman–Crippen LogP) is 12.7. The van der Waals surface area contributed by atoms with E-state index in [4.69, 9.17) is 24.9 Å². The second kappa shape index (κ2) is 14.0. The molecule has 0 saturated carbocycles. The minimum atomic E-state index is 0.625. The molecule has 0 spiro atoms. The van der Waals surface area contributed by atoms with Crippen LogP contribution in [0.2, 0.25) is 0 Å². The van der Waals surface area contributed by atoms with E-state index in [2.05, 4.69) is 115 Å². The monoisotopic (exact) mass is 721 g/mol. The highest BCUT2D eigenvalue weighted by Crippen LogP contribution is 2.41. The Balaban J connectivity index is 1.10. The molecular formula is C49H31N5S. The maximum absolute atomic E-state index is 5.15. The molecule has 0 atom stereocenters. The normalized spacial score (nSPS) is 11.3. The van der Waals surface area contributed by atoms with E-state index in [1.54, 1.807) is 11.3 Å². The van der Waals surface area contributed by atoms with Crippen molar-refractivity contribution in [1.29, 1.82) is 0 Å². The highest BCUT2D eigenvalue weighted by molar-refractivity contribution is 7.26. The smallest absolute Gasteiger partial charge is 0.164 e. The molecule has 0 radical (unpaired) electrons. The van der Waals surface area contributed by atoms with Gasteiger partial charge in [0.15, 0.2) is 23.3 Å². The summed E-state index contributed by atoms with van der Waals surface area (Å²) in [4.78, 5) is 25.4. The van der Waals surface area contributed by atoms with Crippen LogP contribution in [0, 0.1) is 0 Å². The van der Waals surface area contributed by atoms with Crippen molar-refractivity contribution in [1.82, 2.24) is 24.9 Å². The number of hydrogen-bond donors (Lipinski definition) is 0. The Hall–Kier alpha value is -7.15. The van der Waals surface area contributed by atoms with E-state index in [-0.39, 0.29) is 0 Å². The molecule has 10 aromatic rings. The van der Waals surface area contributed by atoms with Crippen LogP contribution in [0.4, 0.5) is 0 Å². The summed E-state index contributed by atoms with van der Waals surface area (Å²) in [6.07, 6.45) is 0. The Morgan fingerprint density at radius 1 is 0.291 bits per heavy atom. The van der Waals surface area contributed by atoms with Gasteiger partial charge in [0.2, 0.25) is 0 Å². The molecule has 0 amide bonds. The van der Waals surface area contributed by atoms with Gasteiger partial charge in [-0.05, 0) is 41.5 Å². The van der Waals surface area contributed by atoms with Gasteiger partial charge in [0.25, 0.3) is 0 Å². The first-order valence-electron chi connectivity index (χ1n) is 18.2. The molecule has 0 bridgehead atoms. The molecule has 3 heterocycles. The SMILES string of the molecule is c1ccc(-c2ccc(-c3nc(-c4ccccc4)nc(-c4ccc5sc6c(-c7nc(-c8ccccc8)cc(-c8ccccc8)n7)cccc6c5c4)n3)cc2)cc1. The average molecular weight is 722 g/mol. The lowest BCUT2D eigenvalue weighted by Crippen LogP contribution is -2.00. The number of benzene rings is 7. The van der Waals surface area contributed by atoms with Crippen LogP contribution in [0.15, 0.2) is 188 Å². The molecule has 258 valence electrons. The van der Waals surface area contributed by atoms with Crippen LogP contribution in [0.1, 0.15) is 0 Å². The summed E-state index contributed by atoms with van der Waals surface area (Å²) in [7, 11) is 0. The molecule has 3 aromatic heterocycles. The summed E-state index contributed by atoms with van der Waals surface area (Å²) < 4.78 is 2.31. The first kappa shape index (κ1) is 32.5. The molecule has 5 nitrogen and oxygen atoms in total. The number of fused-ring (bicyclic) bond motifs is 3. The van der Waals surface area contributed by atoms with Gasteiger partial charge in [-0.25, -0.2) is 24.9 Å². The average Bonchev–Trinajstić information content (AvgIpc) is 3.66. The summed E-state index contributed by atoms with van der Waals surface area (Å²) in [6, 6.07) is 64.5. The molecule has 0 unspecified atom stereocenters. The van der Waals surface area contributed by atoms with E-state index < -0.39 is 0 Å². The minimum Gasteiger partial charge on any atom is -0.228 e. The Kier molecular flexibility index (Phi) is 8.28. The van der Waals surface area contributed by atoms with Crippen molar-refractivity contribution in [2.24, 2.45) is 0 Å². The van der Waals surface area contributed by atoms with Crippen LogP contribution < -0.4 is 0 Å². The highest BCUT2D eigenvalue weighted by atomic mass is 32.1. The first-order chi connectivity index (χ1) is 27.2. The van der Waals surface area contributed by atoms with Crippen molar-refractivity contribution in [2.75, 3.05) is 0 Å². The minimum absolute atomic E-state index is 0.625. The van der Waals surface area contributed by atoms with Crippen LogP contribution >= 0.6 is 11.3 Å². The van der Waals surface area contributed by atoms with Crippen LogP contribution in [-0.4, -0.2) is 24.9 Å². The fourth-order valence-electron chi connectivity index (χ4n) is 6.99. The van der Waals surface area contributed by atoms with Gasteiger partial charge in [-0.3, -0.25) is 0 Å². The first-order valence-corrected chi connectivity index (χ1v) is 19.0. The van der Waals surface area contributed by atoms with E-state index in [9.17, 15) is 0 Å². The van der Waals surface area contributed by atoms with Crippen molar-refractivity contribution in [3.63, 3.8) is 0 Å². The van der Waals surface area contributed by atoms with E-state index in [1.807, 2.05) is 72.8 Å². The lowest BCUT2D eigenvalue weighted by atomic mass is 10.0. The van der Waals surface area contributed by atoms with Crippen LogP contribution in [0.25, 0.3) is 99.4 Å². The fraction of sp³-hybridized carbons (Fsp3) is 0. The van der Waals surface area contributed by atoms with Gasteiger partial charge < -0.3 is 0 Å². The highest BCUT2D eigenvalue weighted by Gasteiger charge is 2.18. The number of aromatic nitrogens is 5. The van der Waals surface area contributed by atoms with Crippen LogP contribution in [0.3, 0.4) is 0 Å². The van der Waals surface area contributed by atoms with E-state index in [0.717, 1.165) is 65.8 Å². The van der Waals surface area contributed by atoms with Crippen molar-refractivity contribution in [2.45, 2.75) is 0 Å². The van der Waals surface area contributed by atoms with Crippen molar-refractivity contribution >= 4 is 31.5 Å². The standard InChI is InChI=1S/C49H31N5S/c1-5-14-32(15-6-1)33-24-26-37(27-25-33)47-52-46(36-20-11-4-12-21-36)53-48(54-47)38-28-29-44-41(30-38)39-22-13-23-40(45(39)55-44)49-50-42(34-16-7-2-8-17-34)31-43(51-49)35-18-9-3-10-19-35/h1-31H. The Morgan fingerprint density at radius 3 is 1.33 bits per heavy atom. The second-order valence-electron chi connectivity index (χ2n) is 13.3. The summed E-state index contributed by atoms with van der Waals surface area (Å²) >= 11 is 1.76. The predicted molar refractivity (Wildman–Crippen MR) is 226 cm³/mol. The van der Waals surface area contributed by atoms with Gasteiger partial charge in [-0.2, -0.15) is 0 Å². The van der Waals surface area contributed by atoms with Gasteiger partial charge in [-0.15, -0.1) is 11.3 Å². The quantitative estimate of drug-likeness (QED) is 0.164. The molecule has 7 aromatic carbocycles. The number of hydrogen-bond acceptors (Lipinski definition) is 6. The van der Waals surface area contributed by atoms with Crippen LogP contribution in [0.5, 0.6) is 0 Å². The van der Waals surface area contributed by atoms with Crippen molar-refractivity contribution in [3.8, 4) is 79.2 Å². The fourth-order valence-corrected chi connectivity index (χ4v) is 8.18. The van der Waals surface area contributed by atoms with Gasteiger partial charge >= 0.3 is 0 Å². The van der Waals surface area contributed by atoms with Crippen molar-refractivity contribution in [3.05, 3.63) is 188 Å². The van der Waals surface area contributed by atoms with E-state index >= 15 is 0 Å². The molecular weight excluding hydrogens is 691 g/mol. The number of thiophene rings is 1. The summed E-state index contributed by atoms with van der Waals surface area (Å²) in [5, 5.41) is 2.28. The maximum atomic E-state index is 5.15. The lowest BCUT2D eigenvalue weighted by molar-refractivity contribution is 1.07. The topological polar surface area (TPSA) is 64.5 Å². The zero-order valence-electron chi connectivity index (χ0n) is 29.5. The Morgan fingerprint density at radius 2 is 0.745 bits per heavy atom. The second-order valence-corrected chi connectivity index (χ2v) is 14.4. The molecule has 0 aliphatic carbocycles. The molecule has 55 heavy (non-hydrogen) atoms. The van der Waals surface area contributed by atoms with Gasteiger partial charge in [0.1, 0.15) is 0 Å². The van der Waals surface area contributed by atoms with Crippen molar-refractivity contribution < 1.29 is 0 Å². The Labute approximate surface area is 322 Å². The Bertz CT molecular complexity index is 2890. The largest absolute Gasteiger partial charge is 0.228 e. The third kappa shape index (κ3) is 6.35. The molecule has 0 fully saturated rings. The number of nitrogens with zero attached hydrogens (tertiary/aromatic N) is 5. The zero-order valence-corrected chi connectivity index (χ0v) is 30.4. The molecule has 0 saturated heterocycles. The molecule has 0 aliphatic rings. The molecule has 0 aliphatic heterocycles. The summed E-state index contributed by atoms with van der Waals surface area (Å²) in [5.41, 5.74) is 9.99. The summed E-state index contributed by atoms with van der Waals surface area (Å²) in [5.74, 6) is 2.59. The van der Waals surface area contributed by atoms with Gasteiger partial charge in [0, 0.05) is 53.6 Å². The zero-order chi connectivity index (χ0) is 36.6. The third-order valence-electron chi connectivity index (χ3n) is 9.78.